The van der Waals surface area contributed by atoms with Crippen LogP contribution in [0, 0.1) is 12.8 Å². The second-order valence-electron chi connectivity index (χ2n) is 7.49. The molecule has 4 heteroatoms. The van der Waals surface area contributed by atoms with Gasteiger partial charge in [0.2, 0.25) is 0 Å². The Kier molecular flexibility index (Phi) is 3.69. The van der Waals surface area contributed by atoms with Gasteiger partial charge < -0.3 is 10.6 Å². The van der Waals surface area contributed by atoms with E-state index in [-0.39, 0.29) is 11.0 Å². The van der Waals surface area contributed by atoms with Crippen molar-refractivity contribution in [3.63, 3.8) is 0 Å². The fraction of sp³-hybridized carbons (Fsp3) is 0.750. The predicted octanol–water partition coefficient (Wildman–Crippen LogP) is 3.72. The van der Waals surface area contributed by atoms with Gasteiger partial charge in [0, 0.05) is 23.6 Å². The summed E-state index contributed by atoms with van der Waals surface area (Å²) < 4.78 is 0. The Morgan fingerprint density at radius 3 is 2.00 bits per heavy atom. The van der Waals surface area contributed by atoms with Gasteiger partial charge in [0.25, 0.3) is 0 Å². The largest absolute Gasteiger partial charge is 0.373 e. The minimum atomic E-state index is -0.0561. The van der Waals surface area contributed by atoms with Gasteiger partial charge in [0.05, 0.1) is 0 Å². The molecule has 1 fully saturated rings. The number of hydrogen-bond acceptors (Lipinski definition) is 4. The summed E-state index contributed by atoms with van der Waals surface area (Å²) >= 11 is 0. The van der Waals surface area contributed by atoms with Crippen LogP contribution < -0.4 is 10.6 Å². The third-order valence-corrected chi connectivity index (χ3v) is 4.09. The highest BCUT2D eigenvalue weighted by Gasteiger charge is 2.38. The van der Waals surface area contributed by atoms with Crippen molar-refractivity contribution < 1.29 is 0 Å². The molecule has 0 saturated heterocycles. The van der Waals surface area contributed by atoms with Crippen LogP contribution in [-0.4, -0.2) is 22.6 Å². The van der Waals surface area contributed by atoms with Crippen LogP contribution in [0.5, 0.6) is 0 Å². The van der Waals surface area contributed by atoms with Crippen molar-refractivity contribution in [3.8, 4) is 0 Å². The highest BCUT2D eigenvalue weighted by Crippen LogP contribution is 2.41. The molecule has 1 aromatic heterocycles. The van der Waals surface area contributed by atoms with Crippen molar-refractivity contribution in [2.75, 3.05) is 17.7 Å². The minimum absolute atomic E-state index is 0.0561. The summed E-state index contributed by atoms with van der Waals surface area (Å²) in [5.74, 6) is 3.51. The second-order valence-corrected chi connectivity index (χ2v) is 7.49. The molecule has 0 unspecified atom stereocenters. The number of aromatic nitrogens is 2. The van der Waals surface area contributed by atoms with Gasteiger partial charge in [-0.2, -0.15) is 0 Å². The molecule has 0 bridgehead atoms. The molecule has 0 aliphatic heterocycles. The lowest BCUT2D eigenvalue weighted by Gasteiger charge is -2.29. The molecular weight excluding hydrogens is 248 g/mol. The van der Waals surface area contributed by atoms with Gasteiger partial charge in [-0.15, -0.1) is 0 Å². The van der Waals surface area contributed by atoms with E-state index in [0.29, 0.717) is 0 Å². The average Bonchev–Trinajstić information content (AvgIpc) is 3.14. The van der Waals surface area contributed by atoms with Crippen LogP contribution in [-0.2, 0) is 5.41 Å². The van der Waals surface area contributed by atoms with E-state index in [1.165, 1.54) is 12.8 Å². The Labute approximate surface area is 122 Å². The van der Waals surface area contributed by atoms with E-state index in [1.807, 2.05) is 7.05 Å². The van der Waals surface area contributed by atoms with E-state index >= 15 is 0 Å². The molecule has 0 aromatic carbocycles. The lowest BCUT2D eigenvalue weighted by molar-refractivity contribution is 0.488. The van der Waals surface area contributed by atoms with Gasteiger partial charge >= 0.3 is 0 Å². The molecule has 20 heavy (non-hydrogen) atoms. The fourth-order valence-electron chi connectivity index (χ4n) is 2.43. The van der Waals surface area contributed by atoms with Crippen LogP contribution in [0.25, 0.3) is 0 Å². The van der Waals surface area contributed by atoms with Crippen molar-refractivity contribution in [1.29, 1.82) is 0 Å². The lowest BCUT2D eigenvalue weighted by Crippen LogP contribution is -2.34. The standard InChI is InChI=1S/C16H28N4/c1-10-12(17-7)18-14(15(2,3)4)19-13(10)20-16(5,6)11-8-9-11/h11H,8-9H2,1-7H3,(H2,17,18,19,20). The molecule has 0 radical (unpaired) electrons. The third-order valence-electron chi connectivity index (χ3n) is 4.09. The Morgan fingerprint density at radius 2 is 1.55 bits per heavy atom. The molecular formula is C16H28N4. The van der Waals surface area contributed by atoms with Gasteiger partial charge in [0.15, 0.2) is 0 Å². The molecule has 1 aliphatic rings. The summed E-state index contributed by atoms with van der Waals surface area (Å²) in [6.07, 6.45) is 2.63. The van der Waals surface area contributed by atoms with E-state index in [2.05, 4.69) is 57.2 Å². The Bertz CT molecular complexity index is 496. The van der Waals surface area contributed by atoms with E-state index in [9.17, 15) is 0 Å². The van der Waals surface area contributed by atoms with Crippen molar-refractivity contribution >= 4 is 11.6 Å². The smallest absolute Gasteiger partial charge is 0.138 e. The molecule has 4 nitrogen and oxygen atoms in total. The quantitative estimate of drug-likeness (QED) is 0.880. The molecule has 1 aromatic rings. The summed E-state index contributed by atoms with van der Waals surface area (Å²) in [6, 6.07) is 0. The summed E-state index contributed by atoms with van der Waals surface area (Å²) in [5.41, 5.74) is 1.13. The first-order chi connectivity index (χ1) is 9.15. The Morgan fingerprint density at radius 1 is 1.00 bits per heavy atom. The topological polar surface area (TPSA) is 49.8 Å². The SMILES string of the molecule is CNc1nc(C(C)(C)C)nc(NC(C)(C)C2CC2)c1C. The number of nitrogens with zero attached hydrogens (tertiary/aromatic N) is 2. The number of anilines is 2. The molecule has 112 valence electrons. The highest BCUT2D eigenvalue weighted by atomic mass is 15.1. The maximum Gasteiger partial charge on any atom is 0.138 e. The number of hydrogen-bond donors (Lipinski definition) is 2. The zero-order valence-electron chi connectivity index (χ0n) is 13.9. The zero-order chi connectivity index (χ0) is 15.1. The number of rotatable bonds is 4. The van der Waals surface area contributed by atoms with Crippen LogP contribution in [0.3, 0.4) is 0 Å². The van der Waals surface area contributed by atoms with Crippen LogP contribution >= 0.6 is 0 Å². The molecule has 1 aliphatic carbocycles. The molecule has 0 amide bonds. The third kappa shape index (κ3) is 3.05. The second kappa shape index (κ2) is 4.90. The van der Waals surface area contributed by atoms with Crippen molar-refractivity contribution in [2.45, 2.75) is 65.3 Å². The van der Waals surface area contributed by atoms with Crippen LogP contribution in [0.2, 0.25) is 0 Å². The molecule has 2 N–H and O–H groups in total. The molecule has 2 rings (SSSR count). The predicted molar refractivity (Wildman–Crippen MR) is 85.4 cm³/mol. The maximum atomic E-state index is 4.79. The van der Waals surface area contributed by atoms with E-state index < -0.39 is 0 Å². The van der Waals surface area contributed by atoms with Gasteiger partial charge in [-0.3, -0.25) is 0 Å². The van der Waals surface area contributed by atoms with Crippen LogP contribution in [0.15, 0.2) is 0 Å². The first-order valence-corrected chi connectivity index (χ1v) is 7.50. The lowest BCUT2D eigenvalue weighted by atomic mass is 9.95. The first kappa shape index (κ1) is 15.1. The van der Waals surface area contributed by atoms with E-state index in [4.69, 9.17) is 4.98 Å². The fourth-order valence-corrected chi connectivity index (χ4v) is 2.43. The Balaban J connectivity index is 2.40. The zero-order valence-corrected chi connectivity index (χ0v) is 13.9. The van der Waals surface area contributed by atoms with Crippen molar-refractivity contribution in [2.24, 2.45) is 5.92 Å². The average molecular weight is 276 g/mol. The van der Waals surface area contributed by atoms with Gasteiger partial charge in [-0.1, -0.05) is 20.8 Å². The van der Waals surface area contributed by atoms with E-state index in [1.54, 1.807) is 0 Å². The first-order valence-electron chi connectivity index (χ1n) is 7.50. The minimum Gasteiger partial charge on any atom is -0.373 e. The van der Waals surface area contributed by atoms with Gasteiger partial charge in [-0.05, 0) is 39.5 Å². The van der Waals surface area contributed by atoms with Crippen LogP contribution in [0.4, 0.5) is 11.6 Å². The van der Waals surface area contributed by atoms with Gasteiger partial charge in [0.1, 0.15) is 17.5 Å². The maximum absolute atomic E-state index is 4.79. The molecule has 0 atom stereocenters. The van der Waals surface area contributed by atoms with Crippen molar-refractivity contribution in [3.05, 3.63) is 11.4 Å². The normalized spacial score (nSPS) is 16.1. The van der Waals surface area contributed by atoms with Crippen molar-refractivity contribution in [1.82, 2.24) is 9.97 Å². The molecule has 1 heterocycles. The molecule has 1 saturated carbocycles. The highest BCUT2D eigenvalue weighted by molar-refractivity contribution is 5.58. The summed E-state index contributed by atoms with van der Waals surface area (Å²) in [6.45, 7) is 13.0. The Hall–Kier alpha value is -1.32. The number of nitrogens with one attached hydrogen (secondary N) is 2. The summed E-state index contributed by atoms with van der Waals surface area (Å²) in [7, 11) is 1.91. The van der Waals surface area contributed by atoms with Gasteiger partial charge in [-0.25, -0.2) is 9.97 Å². The monoisotopic (exact) mass is 276 g/mol. The van der Waals surface area contributed by atoms with Crippen LogP contribution in [0.1, 0.15) is 58.8 Å². The summed E-state index contributed by atoms with van der Waals surface area (Å²) in [5, 5.41) is 6.83. The summed E-state index contributed by atoms with van der Waals surface area (Å²) in [4.78, 5) is 9.44. The molecule has 0 spiro atoms. The van der Waals surface area contributed by atoms with E-state index in [0.717, 1.165) is 28.9 Å².